The summed E-state index contributed by atoms with van der Waals surface area (Å²) in [5.41, 5.74) is 0.696. The molecule has 0 aromatic heterocycles. The van der Waals surface area contributed by atoms with Crippen LogP contribution in [0.1, 0.15) is 55.5 Å². The first-order valence-corrected chi connectivity index (χ1v) is 11.3. The predicted octanol–water partition coefficient (Wildman–Crippen LogP) is 1.22. The molecule has 1 aliphatic carbocycles. The Morgan fingerprint density at radius 2 is 2.00 bits per heavy atom. The van der Waals surface area contributed by atoms with Crippen molar-refractivity contribution in [1.29, 1.82) is 0 Å². The highest BCUT2D eigenvalue weighted by Gasteiger charge is 2.38. The molecular weight excluding hydrogens is 397 g/mol. The molecule has 9 heteroatoms. The third-order valence-corrected chi connectivity index (χ3v) is 6.11. The normalized spacial score (nSPS) is 22.8. The Balaban J connectivity index is 1.42. The minimum absolute atomic E-state index is 0.0203. The van der Waals surface area contributed by atoms with Gasteiger partial charge in [-0.25, -0.2) is 4.79 Å². The van der Waals surface area contributed by atoms with Crippen molar-refractivity contribution in [3.05, 3.63) is 29.3 Å². The monoisotopic (exact) mass is 431 g/mol. The van der Waals surface area contributed by atoms with Crippen LogP contribution in [0, 0.1) is 11.8 Å². The average molecular weight is 431 g/mol. The van der Waals surface area contributed by atoms with Crippen molar-refractivity contribution in [2.45, 2.75) is 57.9 Å². The summed E-state index contributed by atoms with van der Waals surface area (Å²) in [4.78, 5) is 23.9. The summed E-state index contributed by atoms with van der Waals surface area (Å²) in [6.07, 6.45) is 3.98. The molecule has 1 heterocycles. The molecule has 1 aliphatic heterocycles. The van der Waals surface area contributed by atoms with Crippen LogP contribution in [0.5, 0.6) is 5.75 Å². The molecule has 1 aromatic rings. The molecule has 1 amide bonds. The van der Waals surface area contributed by atoms with Crippen LogP contribution in [-0.4, -0.2) is 60.7 Å². The summed E-state index contributed by atoms with van der Waals surface area (Å²) in [6.45, 7) is 7.16. The molecule has 170 valence electrons. The van der Waals surface area contributed by atoms with Crippen molar-refractivity contribution >= 4 is 19.0 Å². The number of para-hydroxylation sites is 1. The molecule has 0 bridgehead atoms. The van der Waals surface area contributed by atoms with Gasteiger partial charge in [0.25, 0.3) is 0 Å². The zero-order valence-corrected chi connectivity index (χ0v) is 18.4. The second-order valence-electron chi connectivity index (χ2n) is 9.05. The Labute approximate surface area is 184 Å². The van der Waals surface area contributed by atoms with Crippen LogP contribution in [0.3, 0.4) is 0 Å². The van der Waals surface area contributed by atoms with Gasteiger partial charge in [0.2, 0.25) is 5.91 Å². The number of nitrogens with one attached hydrogen (secondary N) is 3. The third-order valence-electron chi connectivity index (χ3n) is 6.11. The molecular formula is C22H34BN3O5. The van der Waals surface area contributed by atoms with Gasteiger partial charge in [-0.1, -0.05) is 26.0 Å². The van der Waals surface area contributed by atoms with Crippen molar-refractivity contribution < 1.29 is 24.4 Å². The molecule has 3 rings (SSSR count). The molecule has 1 saturated carbocycles. The van der Waals surface area contributed by atoms with Gasteiger partial charge in [-0.2, -0.15) is 0 Å². The van der Waals surface area contributed by atoms with E-state index >= 15 is 0 Å². The molecule has 2 aliphatic rings. The second kappa shape index (κ2) is 11.0. The smallest absolute Gasteiger partial charge is 0.534 e. The molecule has 2 unspecified atom stereocenters. The number of hydrogen-bond acceptors (Lipinski definition) is 6. The summed E-state index contributed by atoms with van der Waals surface area (Å²) >= 11 is 0. The van der Waals surface area contributed by atoms with Crippen LogP contribution >= 0.6 is 0 Å². The Kier molecular flexibility index (Phi) is 8.34. The fourth-order valence-electron chi connectivity index (χ4n) is 4.55. The number of carboxylic acid groups (broad SMARTS) is 1. The van der Waals surface area contributed by atoms with E-state index in [4.69, 9.17) is 4.65 Å². The number of benzene rings is 1. The largest absolute Gasteiger partial charge is 0.547 e. The van der Waals surface area contributed by atoms with Crippen LogP contribution in [0.4, 0.5) is 0 Å². The average Bonchev–Trinajstić information content (AvgIpc) is 3.14. The Morgan fingerprint density at radius 1 is 1.23 bits per heavy atom. The highest BCUT2D eigenvalue weighted by Crippen LogP contribution is 2.33. The molecule has 8 nitrogen and oxygen atoms in total. The molecule has 0 saturated heterocycles. The zero-order chi connectivity index (χ0) is 22.4. The summed E-state index contributed by atoms with van der Waals surface area (Å²) in [5, 5.41) is 29.4. The van der Waals surface area contributed by atoms with Gasteiger partial charge in [0.05, 0.1) is 11.5 Å². The highest BCUT2D eigenvalue weighted by molar-refractivity contribution is 6.47. The van der Waals surface area contributed by atoms with Gasteiger partial charge >= 0.3 is 13.1 Å². The second-order valence-corrected chi connectivity index (χ2v) is 9.05. The van der Waals surface area contributed by atoms with E-state index in [0.29, 0.717) is 36.3 Å². The number of carbonyl (C=O) groups is 2. The molecule has 31 heavy (non-hydrogen) atoms. The lowest BCUT2D eigenvalue weighted by atomic mass is 9.72. The fourth-order valence-corrected chi connectivity index (χ4v) is 4.55. The number of aromatic carboxylic acids is 1. The molecule has 3 atom stereocenters. The Morgan fingerprint density at radius 3 is 2.74 bits per heavy atom. The Hall–Kier alpha value is -2.10. The van der Waals surface area contributed by atoms with Crippen LogP contribution in [0.15, 0.2) is 18.2 Å². The van der Waals surface area contributed by atoms with Gasteiger partial charge in [0.1, 0.15) is 5.75 Å². The van der Waals surface area contributed by atoms with Gasteiger partial charge in [-0.05, 0) is 55.7 Å². The van der Waals surface area contributed by atoms with Gasteiger partial charge in [0, 0.05) is 25.6 Å². The van der Waals surface area contributed by atoms with Crippen molar-refractivity contribution in [2.24, 2.45) is 11.8 Å². The zero-order valence-electron chi connectivity index (χ0n) is 18.4. The minimum atomic E-state index is -1.27. The van der Waals surface area contributed by atoms with E-state index in [-0.39, 0.29) is 17.2 Å². The number of amides is 1. The first kappa shape index (κ1) is 23.6. The van der Waals surface area contributed by atoms with E-state index in [1.54, 1.807) is 12.1 Å². The maximum Gasteiger partial charge on any atom is 0.547 e. The molecule has 1 fully saturated rings. The van der Waals surface area contributed by atoms with E-state index < -0.39 is 19.0 Å². The first-order valence-electron chi connectivity index (χ1n) is 11.3. The number of carbonyl (C=O) groups excluding carboxylic acids is 1. The quantitative estimate of drug-likeness (QED) is 0.279. The maximum atomic E-state index is 12.6. The Bertz CT molecular complexity index is 776. The van der Waals surface area contributed by atoms with Gasteiger partial charge in [0.15, 0.2) is 0 Å². The predicted molar refractivity (Wildman–Crippen MR) is 119 cm³/mol. The summed E-state index contributed by atoms with van der Waals surface area (Å²) < 4.78 is 5.45. The van der Waals surface area contributed by atoms with E-state index in [1.807, 2.05) is 0 Å². The SMILES string of the molecule is CC(C)NCCNCC1CCC(CC(=O)N[C@H]2Cc3cccc(C(=O)O)c3OB2O)C1. The number of rotatable bonds is 10. The maximum absolute atomic E-state index is 12.6. The lowest BCUT2D eigenvalue weighted by molar-refractivity contribution is -0.122. The summed E-state index contributed by atoms with van der Waals surface area (Å²) in [6, 6.07) is 5.35. The van der Waals surface area contributed by atoms with E-state index in [2.05, 4.69) is 29.8 Å². The third kappa shape index (κ3) is 6.69. The summed E-state index contributed by atoms with van der Waals surface area (Å²) in [5.74, 6) is -0.646. The standard InChI is InChI=1S/C22H34BN3O5/c1-14(2)25-9-8-24-13-16-7-6-15(10-16)11-20(27)26-19-12-17-4-3-5-18(22(28)29)21(17)31-23(19)30/h3-5,14-16,19,24-25,30H,6-13H2,1-2H3,(H,26,27)(H,28,29)/t15?,16?,19-/m0/s1. The first-order chi connectivity index (χ1) is 14.8. The van der Waals surface area contributed by atoms with Crippen molar-refractivity contribution in [3.63, 3.8) is 0 Å². The van der Waals surface area contributed by atoms with E-state index in [1.165, 1.54) is 6.07 Å². The number of hydrogen-bond donors (Lipinski definition) is 5. The van der Waals surface area contributed by atoms with Crippen LogP contribution < -0.4 is 20.6 Å². The lowest BCUT2D eigenvalue weighted by Crippen LogP contribution is -2.53. The van der Waals surface area contributed by atoms with Crippen molar-refractivity contribution in [2.75, 3.05) is 19.6 Å². The van der Waals surface area contributed by atoms with Gasteiger partial charge in [-0.3, -0.25) is 4.79 Å². The van der Waals surface area contributed by atoms with Crippen molar-refractivity contribution in [3.8, 4) is 5.75 Å². The van der Waals surface area contributed by atoms with E-state index in [0.717, 1.165) is 38.9 Å². The van der Waals surface area contributed by atoms with Gasteiger partial charge < -0.3 is 30.7 Å². The highest BCUT2D eigenvalue weighted by atomic mass is 16.5. The van der Waals surface area contributed by atoms with Crippen molar-refractivity contribution in [1.82, 2.24) is 16.0 Å². The molecule has 1 aromatic carbocycles. The lowest BCUT2D eigenvalue weighted by Gasteiger charge is -2.29. The molecule has 0 spiro atoms. The number of fused-ring (bicyclic) bond motifs is 1. The molecule has 5 N–H and O–H groups in total. The number of carboxylic acids is 1. The summed E-state index contributed by atoms with van der Waals surface area (Å²) in [7, 11) is -1.27. The van der Waals surface area contributed by atoms with Crippen LogP contribution in [-0.2, 0) is 11.2 Å². The van der Waals surface area contributed by atoms with Crippen LogP contribution in [0.2, 0.25) is 0 Å². The van der Waals surface area contributed by atoms with E-state index in [9.17, 15) is 19.7 Å². The van der Waals surface area contributed by atoms with Crippen LogP contribution in [0.25, 0.3) is 0 Å². The fraction of sp³-hybridized carbons (Fsp3) is 0.636. The topological polar surface area (TPSA) is 120 Å². The van der Waals surface area contributed by atoms with Gasteiger partial charge in [-0.15, -0.1) is 0 Å². The molecule has 0 radical (unpaired) electrons. The minimum Gasteiger partial charge on any atom is -0.534 e.